The van der Waals surface area contributed by atoms with Crippen molar-refractivity contribution in [2.24, 2.45) is 11.1 Å². The molecule has 1 aromatic heterocycles. The molecule has 4 heteroatoms. The van der Waals surface area contributed by atoms with Crippen molar-refractivity contribution in [2.75, 3.05) is 6.54 Å². The third kappa shape index (κ3) is 2.24. The van der Waals surface area contributed by atoms with E-state index in [0.717, 1.165) is 25.1 Å². The maximum absolute atomic E-state index is 10.7. The lowest BCUT2D eigenvalue weighted by Crippen LogP contribution is -2.39. The van der Waals surface area contributed by atoms with E-state index in [9.17, 15) is 5.11 Å². The van der Waals surface area contributed by atoms with Gasteiger partial charge in [-0.1, -0.05) is 19.3 Å². The first-order chi connectivity index (χ1) is 8.23. The molecule has 1 aliphatic carbocycles. The second-order valence-corrected chi connectivity index (χ2v) is 5.13. The Morgan fingerprint density at radius 1 is 1.47 bits per heavy atom. The van der Waals surface area contributed by atoms with E-state index in [4.69, 9.17) is 5.73 Å². The second-order valence-electron chi connectivity index (χ2n) is 5.13. The quantitative estimate of drug-likeness (QED) is 0.840. The number of aliphatic hydroxyl groups excluding tert-OH is 1. The minimum Gasteiger partial charge on any atom is -0.386 e. The minimum absolute atomic E-state index is 0.134. The Morgan fingerprint density at radius 2 is 2.18 bits per heavy atom. The fraction of sp³-hybridized carbons (Fsp3) is 0.769. The Kier molecular flexibility index (Phi) is 3.84. The van der Waals surface area contributed by atoms with Gasteiger partial charge in [-0.05, 0) is 19.8 Å². The molecule has 3 N–H and O–H groups in total. The van der Waals surface area contributed by atoms with Gasteiger partial charge in [-0.3, -0.25) is 0 Å². The zero-order valence-corrected chi connectivity index (χ0v) is 10.6. The van der Waals surface area contributed by atoms with E-state index >= 15 is 0 Å². The van der Waals surface area contributed by atoms with Crippen LogP contribution in [0.3, 0.4) is 0 Å². The Balaban J connectivity index is 2.24. The Hall–Kier alpha value is -0.870. The Bertz CT molecular complexity index is 355. The SMILES string of the molecule is CCn1cncc1C(O)C1(CN)CCCCC1. The first-order valence-corrected chi connectivity index (χ1v) is 6.61. The first-order valence-electron chi connectivity index (χ1n) is 6.61. The van der Waals surface area contributed by atoms with Gasteiger partial charge in [0.05, 0.1) is 18.2 Å². The van der Waals surface area contributed by atoms with Crippen LogP contribution in [0.1, 0.15) is 50.8 Å². The summed E-state index contributed by atoms with van der Waals surface area (Å²) in [5.41, 5.74) is 6.73. The van der Waals surface area contributed by atoms with Gasteiger partial charge in [0.25, 0.3) is 0 Å². The highest BCUT2D eigenvalue weighted by Crippen LogP contribution is 2.45. The highest BCUT2D eigenvalue weighted by molar-refractivity contribution is 5.09. The van der Waals surface area contributed by atoms with Gasteiger partial charge in [0, 0.05) is 18.5 Å². The number of nitrogens with zero attached hydrogens (tertiary/aromatic N) is 2. The van der Waals surface area contributed by atoms with Crippen molar-refractivity contribution in [2.45, 2.75) is 51.7 Å². The van der Waals surface area contributed by atoms with Crippen LogP contribution < -0.4 is 5.73 Å². The smallest absolute Gasteiger partial charge is 0.102 e. The molecule has 96 valence electrons. The molecule has 0 radical (unpaired) electrons. The molecule has 1 heterocycles. The van der Waals surface area contributed by atoms with E-state index in [2.05, 4.69) is 11.9 Å². The average molecular weight is 237 g/mol. The predicted octanol–water partition coefficient (Wildman–Crippen LogP) is 1.85. The molecule has 1 aromatic rings. The van der Waals surface area contributed by atoms with E-state index in [1.165, 1.54) is 19.3 Å². The van der Waals surface area contributed by atoms with Gasteiger partial charge in [0.2, 0.25) is 0 Å². The summed E-state index contributed by atoms with van der Waals surface area (Å²) >= 11 is 0. The lowest BCUT2D eigenvalue weighted by Gasteiger charge is -2.40. The van der Waals surface area contributed by atoms with Crippen LogP contribution in [0.4, 0.5) is 0 Å². The standard InChI is InChI=1S/C13H23N3O/c1-2-16-10-15-8-11(16)12(17)13(9-14)6-4-3-5-7-13/h8,10,12,17H,2-7,9,14H2,1H3. The lowest BCUT2D eigenvalue weighted by atomic mass is 9.69. The molecular weight excluding hydrogens is 214 g/mol. The van der Waals surface area contributed by atoms with Crippen LogP contribution in [-0.2, 0) is 6.54 Å². The van der Waals surface area contributed by atoms with Gasteiger partial charge in [0.1, 0.15) is 6.10 Å². The van der Waals surface area contributed by atoms with Crippen LogP contribution >= 0.6 is 0 Å². The largest absolute Gasteiger partial charge is 0.386 e. The molecule has 4 nitrogen and oxygen atoms in total. The highest BCUT2D eigenvalue weighted by Gasteiger charge is 2.39. The predicted molar refractivity (Wildman–Crippen MR) is 67.4 cm³/mol. The molecule has 0 saturated heterocycles. The van der Waals surface area contributed by atoms with Crippen LogP contribution in [0.2, 0.25) is 0 Å². The molecule has 1 aliphatic rings. The van der Waals surface area contributed by atoms with Crippen molar-refractivity contribution in [1.29, 1.82) is 0 Å². The van der Waals surface area contributed by atoms with E-state index in [-0.39, 0.29) is 5.41 Å². The van der Waals surface area contributed by atoms with E-state index < -0.39 is 6.10 Å². The monoisotopic (exact) mass is 237 g/mol. The number of hydrogen-bond donors (Lipinski definition) is 2. The first kappa shape index (κ1) is 12.6. The second kappa shape index (κ2) is 5.19. The van der Waals surface area contributed by atoms with Crippen LogP contribution in [0.5, 0.6) is 0 Å². The molecule has 1 atom stereocenters. The van der Waals surface area contributed by atoms with Gasteiger partial charge in [-0.2, -0.15) is 0 Å². The molecule has 0 amide bonds. The van der Waals surface area contributed by atoms with Gasteiger partial charge in [0.15, 0.2) is 0 Å². The molecule has 1 unspecified atom stereocenters. The summed E-state index contributed by atoms with van der Waals surface area (Å²) in [7, 11) is 0. The molecular formula is C13H23N3O. The van der Waals surface area contributed by atoms with Gasteiger partial charge >= 0.3 is 0 Å². The van der Waals surface area contributed by atoms with Crippen LogP contribution in [0.15, 0.2) is 12.5 Å². The Labute approximate surface area is 103 Å². The van der Waals surface area contributed by atoms with Crippen LogP contribution in [0.25, 0.3) is 0 Å². The summed E-state index contributed by atoms with van der Waals surface area (Å²) in [6.07, 6.45) is 8.75. The average Bonchev–Trinajstić information content (AvgIpc) is 2.86. The number of nitrogens with two attached hydrogens (primary N) is 1. The number of hydrogen-bond acceptors (Lipinski definition) is 3. The zero-order chi connectivity index (χ0) is 12.3. The number of aryl methyl sites for hydroxylation is 1. The zero-order valence-electron chi connectivity index (χ0n) is 10.6. The van der Waals surface area contributed by atoms with Gasteiger partial charge < -0.3 is 15.4 Å². The van der Waals surface area contributed by atoms with Crippen molar-refractivity contribution in [3.8, 4) is 0 Å². The maximum Gasteiger partial charge on any atom is 0.102 e. The fourth-order valence-corrected chi connectivity index (χ4v) is 2.98. The van der Waals surface area contributed by atoms with Crippen molar-refractivity contribution >= 4 is 0 Å². The summed E-state index contributed by atoms with van der Waals surface area (Å²) in [6.45, 7) is 3.46. The van der Waals surface area contributed by atoms with Crippen molar-refractivity contribution < 1.29 is 5.11 Å². The molecule has 0 aromatic carbocycles. The van der Waals surface area contributed by atoms with Crippen LogP contribution in [-0.4, -0.2) is 21.2 Å². The van der Waals surface area contributed by atoms with Crippen LogP contribution in [0, 0.1) is 5.41 Å². The number of imidazole rings is 1. The topological polar surface area (TPSA) is 64.1 Å². The van der Waals surface area contributed by atoms with Crippen molar-refractivity contribution in [3.63, 3.8) is 0 Å². The summed E-state index contributed by atoms with van der Waals surface area (Å²) in [4.78, 5) is 4.14. The number of aliphatic hydroxyl groups is 1. The third-order valence-electron chi connectivity index (χ3n) is 4.20. The molecule has 0 aliphatic heterocycles. The van der Waals surface area contributed by atoms with Crippen molar-refractivity contribution in [1.82, 2.24) is 9.55 Å². The normalized spacial score (nSPS) is 21.4. The van der Waals surface area contributed by atoms with E-state index in [0.29, 0.717) is 6.54 Å². The lowest BCUT2D eigenvalue weighted by molar-refractivity contribution is -0.00433. The number of rotatable bonds is 4. The highest BCUT2D eigenvalue weighted by atomic mass is 16.3. The fourth-order valence-electron chi connectivity index (χ4n) is 2.98. The van der Waals surface area contributed by atoms with Crippen molar-refractivity contribution in [3.05, 3.63) is 18.2 Å². The molecule has 1 fully saturated rings. The molecule has 0 bridgehead atoms. The van der Waals surface area contributed by atoms with E-state index in [1.54, 1.807) is 12.5 Å². The maximum atomic E-state index is 10.7. The summed E-state index contributed by atoms with van der Waals surface area (Å²) < 4.78 is 2.01. The molecule has 0 spiro atoms. The Morgan fingerprint density at radius 3 is 2.76 bits per heavy atom. The number of aromatic nitrogens is 2. The molecule has 1 saturated carbocycles. The van der Waals surface area contributed by atoms with Gasteiger partial charge in [-0.25, -0.2) is 4.98 Å². The minimum atomic E-state index is -0.477. The molecule has 2 rings (SSSR count). The summed E-state index contributed by atoms with van der Waals surface area (Å²) in [5, 5.41) is 10.7. The van der Waals surface area contributed by atoms with Gasteiger partial charge in [-0.15, -0.1) is 0 Å². The summed E-state index contributed by atoms with van der Waals surface area (Å²) in [6, 6.07) is 0. The third-order valence-corrected chi connectivity index (χ3v) is 4.20. The molecule has 17 heavy (non-hydrogen) atoms. The summed E-state index contributed by atoms with van der Waals surface area (Å²) in [5.74, 6) is 0. The van der Waals surface area contributed by atoms with E-state index in [1.807, 2.05) is 4.57 Å².